The Hall–Kier alpha value is -2.93. The van der Waals surface area contributed by atoms with Crippen molar-refractivity contribution in [1.82, 2.24) is 14.9 Å². The summed E-state index contributed by atoms with van der Waals surface area (Å²) in [4.78, 5) is 0. The van der Waals surface area contributed by atoms with E-state index in [4.69, 9.17) is 21.7 Å². The van der Waals surface area contributed by atoms with Crippen LogP contribution in [0.15, 0.2) is 53.6 Å². The number of ether oxygens (including phenoxy) is 2. The highest BCUT2D eigenvalue weighted by molar-refractivity contribution is 7.71. The summed E-state index contributed by atoms with van der Waals surface area (Å²) < 4.78 is 12.4. The zero-order valence-electron chi connectivity index (χ0n) is 13.3. The zero-order chi connectivity index (χ0) is 16.9. The molecule has 0 saturated heterocycles. The first-order chi connectivity index (χ1) is 11.7. The van der Waals surface area contributed by atoms with Crippen LogP contribution in [0.3, 0.4) is 0 Å². The SMILES string of the molecule is COc1ccc(-c2n[nH]c(=S)n2/N=C\c2cccc(OC)c2)cc1. The van der Waals surface area contributed by atoms with Crippen LogP contribution in [0, 0.1) is 4.77 Å². The Labute approximate surface area is 144 Å². The lowest BCUT2D eigenvalue weighted by Crippen LogP contribution is -1.95. The number of methoxy groups -OCH3 is 2. The predicted octanol–water partition coefficient (Wildman–Crippen LogP) is 3.51. The Morgan fingerprint density at radius 1 is 1.08 bits per heavy atom. The molecule has 1 heterocycles. The van der Waals surface area contributed by atoms with Gasteiger partial charge in [0.15, 0.2) is 5.82 Å². The topological polar surface area (TPSA) is 64.4 Å². The zero-order valence-corrected chi connectivity index (χ0v) is 14.1. The Balaban J connectivity index is 1.94. The third kappa shape index (κ3) is 3.36. The van der Waals surface area contributed by atoms with Crippen molar-refractivity contribution in [3.63, 3.8) is 0 Å². The molecular formula is C17H16N4O2S. The average molecular weight is 340 g/mol. The summed E-state index contributed by atoms with van der Waals surface area (Å²) in [6.45, 7) is 0. The summed E-state index contributed by atoms with van der Waals surface area (Å²) in [7, 11) is 3.26. The van der Waals surface area contributed by atoms with E-state index in [1.165, 1.54) is 0 Å². The lowest BCUT2D eigenvalue weighted by Gasteiger charge is -2.03. The van der Waals surface area contributed by atoms with Gasteiger partial charge in [0.2, 0.25) is 4.77 Å². The summed E-state index contributed by atoms with van der Waals surface area (Å²) in [5.74, 6) is 2.17. The fourth-order valence-electron chi connectivity index (χ4n) is 2.17. The molecule has 24 heavy (non-hydrogen) atoms. The second-order valence-corrected chi connectivity index (χ2v) is 5.30. The fraction of sp³-hybridized carbons (Fsp3) is 0.118. The second-order valence-electron chi connectivity index (χ2n) is 4.91. The molecule has 7 heteroatoms. The fourth-order valence-corrected chi connectivity index (χ4v) is 2.35. The van der Waals surface area contributed by atoms with Crippen molar-refractivity contribution in [1.29, 1.82) is 0 Å². The minimum Gasteiger partial charge on any atom is -0.497 e. The van der Waals surface area contributed by atoms with Gasteiger partial charge in [0.05, 0.1) is 20.4 Å². The summed E-state index contributed by atoms with van der Waals surface area (Å²) in [5, 5.41) is 11.5. The Morgan fingerprint density at radius 2 is 1.83 bits per heavy atom. The molecular weight excluding hydrogens is 324 g/mol. The summed E-state index contributed by atoms with van der Waals surface area (Å²) >= 11 is 5.27. The third-order valence-corrected chi connectivity index (χ3v) is 3.68. The Kier molecular flexibility index (Phi) is 4.72. The number of hydrogen-bond donors (Lipinski definition) is 1. The van der Waals surface area contributed by atoms with E-state index in [2.05, 4.69) is 15.3 Å². The van der Waals surface area contributed by atoms with E-state index in [1.807, 2.05) is 48.5 Å². The maximum Gasteiger partial charge on any atom is 0.216 e. The van der Waals surface area contributed by atoms with E-state index >= 15 is 0 Å². The number of aromatic nitrogens is 3. The van der Waals surface area contributed by atoms with Crippen molar-refractivity contribution in [2.24, 2.45) is 5.10 Å². The minimum absolute atomic E-state index is 0.417. The monoisotopic (exact) mass is 340 g/mol. The quantitative estimate of drug-likeness (QED) is 0.570. The Morgan fingerprint density at radius 3 is 2.54 bits per heavy atom. The molecule has 0 bridgehead atoms. The van der Waals surface area contributed by atoms with Crippen LogP contribution in [-0.4, -0.2) is 35.3 Å². The molecule has 1 N–H and O–H groups in total. The van der Waals surface area contributed by atoms with Crippen molar-refractivity contribution in [2.45, 2.75) is 0 Å². The molecule has 0 aliphatic carbocycles. The standard InChI is InChI=1S/C17H16N4O2S/c1-22-14-8-6-13(7-9-14)16-19-20-17(24)21(16)18-11-12-4-3-5-15(10-12)23-2/h3-11H,1-2H3,(H,20,24)/b18-11-. The van der Waals surface area contributed by atoms with E-state index in [1.54, 1.807) is 25.1 Å². The summed E-state index contributed by atoms with van der Waals surface area (Å²) in [6.07, 6.45) is 1.71. The van der Waals surface area contributed by atoms with Crippen LogP contribution < -0.4 is 9.47 Å². The summed E-state index contributed by atoms with van der Waals surface area (Å²) in [6, 6.07) is 15.1. The van der Waals surface area contributed by atoms with Crippen LogP contribution in [0.5, 0.6) is 11.5 Å². The van der Waals surface area contributed by atoms with Gasteiger partial charge in [0.25, 0.3) is 0 Å². The highest BCUT2D eigenvalue weighted by Crippen LogP contribution is 2.21. The lowest BCUT2D eigenvalue weighted by molar-refractivity contribution is 0.414. The van der Waals surface area contributed by atoms with Crippen molar-refractivity contribution in [3.05, 3.63) is 58.9 Å². The summed E-state index contributed by atoms with van der Waals surface area (Å²) in [5.41, 5.74) is 1.78. The van der Waals surface area contributed by atoms with E-state index in [9.17, 15) is 0 Å². The van der Waals surface area contributed by atoms with Gasteiger partial charge < -0.3 is 9.47 Å². The molecule has 2 aromatic carbocycles. The first-order valence-corrected chi connectivity index (χ1v) is 7.62. The van der Waals surface area contributed by atoms with Gasteiger partial charge in [-0.15, -0.1) is 0 Å². The first-order valence-electron chi connectivity index (χ1n) is 7.21. The molecule has 3 rings (SSSR count). The van der Waals surface area contributed by atoms with Crippen LogP contribution in [0.4, 0.5) is 0 Å². The molecule has 122 valence electrons. The van der Waals surface area contributed by atoms with E-state index < -0.39 is 0 Å². The maximum absolute atomic E-state index is 5.27. The van der Waals surface area contributed by atoms with Gasteiger partial charge in [-0.05, 0) is 54.2 Å². The van der Waals surface area contributed by atoms with Gasteiger partial charge in [-0.2, -0.15) is 14.9 Å². The van der Waals surface area contributed by atoms with E-state index in [0.29, 0.717) is 10.6 Å². The van der Waals surface area contributed by atoms with Gasteiger partial charge in [-0.1, -0.05) is 12.1 Å². The largest absolute Gasteiger partial charge is 0.497 e. The number of nitrogens with zero attached hydrogens (tertiary/aromatic N) is 3. The van der Waals surface area contributed by atoms with Gasteiger partial charge in [0, 0.05) is 5.56 Å². The molecule has 3 aromatic rings. The molecule has 0 saturated carbocycles. The molecule has 0 amide bonds. The molecule has 0 atom stereocenters. The maximum atomic E-state index is 5.27. The van der Waals surface area contributed by atoms with Crippen LogP contribution in [0.1, 0.15) is 5.56 Å². The number of benzene rings is 2. The van der Waals surface area contributed by atoms with Crippen molar-refractivity contribution in [3.8, 4) is 22.9 Å². The highest BCUT2D eigenvalue weighted by Gasteiger charge is 2.08. The molecule has 0 radical (unpaired) electrons. The smallest absolute Gasteiger partial charge is 0.216 e. The van der Waals surface area contributed by atoms with Crippen LogP contribution in [0.2, 0.25) is 0 Å². The first kappa shape index (κ1) is 15.9. The number of rotatable bonds is 5. The Bertz CT molecular complexity index is 913. The van der Waals surface area contributed by atoms with Crippen molar-refractivity contribution >= 4 is 18.4 Å². The minimum atomic E-state index is 0.417. The van der Waals surface area contributed by atoms with Gasteiger partial charge in [0.1, 0.15) is 11.5 Å². The number of aromatic amines is 1. The van der Waals surface area contributed by atoms with E-state index in [0.717, 1.165) is 22.6 Å². The highest BCUT2D eigenvalue weighted by atomic mass is 32.1. The predicted molar refractivity (Wildman–Crippen MR) is 95.4 cm³/mol. The van der Waals surface area contributed by atoms with Crippen molar-refractivity contribution < 1.29 is 9.47 Å². The van der Waals surface area contributed by atoms with Gasteiger partial charge in [-0.25, -0.2) is 5.10 Å². The normalized spacial score (nSPS) is 10.9. The molecule has 0 aliphatic rings. The second kappa shape index (κ2) is 7.10. The van der Waals surface area contributed by atoms with E-state index in [-0.39, 0.29) is 0 Å². The van der Waals surface area contributed by atoms with Crippen LogP contribution >= 0.6 is 12.2 Å². The van der Waals surface area contributed by atoms with Crippen LogP contribution in [-0.2, 0) is 0 Å². The van der Waals surface area contributed by atoms with Crippen LogP contribution in [0.25, 0.3) is 11.4 Å². The average Bonchev–Trinajstić information content (AvgIpc) is 3.01. The molecule has 0 aliphatic heterocycles. The number of H-pyrrole nitrogens is 1. The third-order valence-electron chi connectivity index (χ3n) is 3.41. The molecule has 0 unspecified atom stereocenters. The number of nitrogens with one attached hydrogen (secondary N) is 1. The van der Waals surface area contributed by atoms with Crippen molar-refractivity contribution in [2.75, 3.05) is 14.2 Å². The number of hydrogen-bond acceptors (Lipinski definition) is 5. The van der Waals surface area contributed by atoms with Gasteiger partial charge in [-0.3, -0.25) is 0 Å². The van der Waals surface area contributed by atoms with Gasteiger partial charge >= 0.3 is 0 Å². The molecule has 0 spiro atoms. The molecule has 1 aromatic heterocycles. The lowest BCUT2D eigenvalue weighted by atomic mass is 10.2. The molecule has 6 nitrogen and oxygen atoms in total. The molecule has 0 fully saturated rings.